The molecule has 3 heterocycles. The van der Waals surface area contributed by atoms with Gasteiger partial charge in [0.15, 0.2) is 0 Å². The van der Waals surface area contributed by atoms with E-state index >= 15 is 0 Å². The van der Waals surface area contributed by atoms with E-state index in [1.165, 1.54) is 17.4 Å². The van der Waals surface area contributed by atoms with Crippen LogP contribution >= 0.6 is 0 Å². The first-order valence-electron chi connectivity index (χ1n) is 13.8. The number of aryl methyl sites for hydroxylation is 1. The number of nitrogens with zero attached hydrogens (tertiary/aromatic N) is 3. The third-order valence-electron chi connectivity index (χ3n) is 8.57. The number of pyridine rings is 1. The average molecular weight is 502 g/mol. The molecule has 0 spiro atoms. The molecule has 7 heteroatoms. The number of nitrogens with one attached hydrogen (secondary N) is 1. The predicted octanol–water partition coefficient (Wildman–Crippen LogP) is 4.66. The summed E-state index contributed by atoms with van der Waals surface area (Å²) in [6, 6.07) is 12.1. The first-order valence-corrected chi connectivity index (χ1v) is 13.8. The number of carbonyl (C=O) groups excluding carboxylic acids is 2. The average Bonchev–Trinajstić information content (AvgIpc) is 3.55. The largest absolute Gasteiger partial charge is 0.368 e. The number of carbonyl (C=O) groups is 2. The summed E-state index contributed by atoms with van der Waals surface area (Å²) >= 11 is 0. The molecule has 7 nitrogen and oxygen atoms in total. The predicted molar refractivity (Wildman–Crippen MR) is 146 cm³/mol. The fourth-order valence-electron chi connectivity index (χ4n) is 6.56. The van der Waals surface area contributed by atoms with E-state index in [9.17, 15) is 9.59 Å². The third-order valence-corrected chi connectivity index (χ3v) is 8.57. The Morgan fingerprint density at radius 3 is 2.65 bits per heavy atom. The van der Waals surface area contributed by atoms with Crippen molar-refractivity contribution >= 4 is 22.7 Å². The van der Waals surface area contributed by atoms with Crippen molar-refractivity contribution in [3.63, 3.8) is 0 Å². The molecular weight excluding hydrogens is 462 g/mol. The van der Waals surface area contributed by atoms with E-state index in [4.69, 9.17) is 10.7 Å². The fourth-order valence-corrected chi connectivity index (χ4v) is 6.56. The Hall–Kier alpha value is -3.19. The van der Waals surface area contributed by atoms with Crippen molar-refractivity contribution < 1.29 is 9.59 Å². The van der Waals surface area contributed by atoms with Crippen molar-refractivity contribution in [1.82, 2.24) is 19.8 Å². The summed E-state index contributed by atoms with van der Waals surface area (Å²) in [5.74, 6) is 0.774. The zero-order valence-corrected chi connectivity index (χ0v) is 22.0. The fraction of sp³-hybridized carbons (Fsp3) is 0.500. The molecule has 196 valence electrons. The second kappa shape index (κ2) is 11.1. The van der Waals surface area contributed by atoms with Gasteiger partial charge in [-0.1, -0.05) is 37.5 Å². The summed E-state index contributed by atoms with van der Waals surface area (Å²) < 4.78 is 2.14. The van der Waals surface area contributed by atoms with Crippen LogP contribution in [0.5, 0.6) is 0 Å². The molecular formula is C30H39N5O2. The Labute approximate surface area is 219 Å². The smallest absolute Gasteiger partial charge is 0.234 e. The van der Waals surface area contributed by atoms with E-state index < -0.39 is 6.04 Å². The molecule has 37 heavy (non-hydrogen) atoms. The van der Waals surface area contributed by atoms with Gasteiger partial charge in [0.25, 0.3) is 0 Å². The quantitative estimate of drug-likeness (QED) is 0.470. The van der Waals surface area contributed by atoms with E-state index in [2.05, 4.69) is 58.2 Å². The van der Waals surface area contributed by atoms with Gasteiger partial charge in [0, 0.05) is 30.2 Å². The number of benzene rings is 1. The Bertz CT molecular complexity index is 1260. The van der Waals surface area contributed by atoms with Gasteiger partial charge in [-0.3, -0.25) is 9.59 Å². The Kier molecular flexibility index (Phi) is 7.60. The van der Waals surface area contributed by atoms with E-state index in [1.807, 2.05) is 12.3 Å². The van der Waals surface area contributed by atoms with Crippen LogP contribution in [0.3, 0.4) is 0 Å². The van der Waals surface area contributed by atoms with Crippen LogP contribution in [0.15, 0.2) is 48.8 Å². The molecule has 2 aliphatic rings. The topological polar surface area (TPSA) is 93.2 Å². The van der Waals surface area contributed by atoms with Gasteiger partial charge >= 0.3 is 0 Å². The van der Waals surface area contributed by atoms with E-state index in [0.717, 1.165) is 62.0 Å². The number of nitrogens with two attached hydrogens (primary N) is 1. The van der Waals surface area contributed by atoms with Crippen molar-refractivity contribution in [3.8, 4) is 5.82 Å². The molecule has 2 amide bonds. The van der Waals surface area contributed by atoms with Crippen LogP contribution in [0.4, 0.5) is 0 Å². The third kappa shape index (κ3) is 5.14. The van der Waals surface area contributed by atoms with Gasteiger partial charge in [-0.05, 0) is 81.3 Å². The summed E-state index contributed by atoms with van der Waals surface area (Å²) in [7, 11) is 1.75. The minimum absolute atomic E-state index is 0.0184. The van der Waals surface area contributed by atoms with Crippen molar-refractivity contribution in [2.24, 2.45) is 17.6 Å². The molecule has 2 fully saturated rings. The van der Waals surface area contributed by atoms with Gasteiger partial charge in [-0.2, -0.15) is 0 Å². The van der Waals surface area contributed by atoms with Crippen LogP contribution in [0, 0.1) is 18.8 Å². The van der Waals surface area contributed by atoms with Crippen molar-refractivity contribution in [2.75, 3.05) is 13.6 Å². The lowest BCUT2D eigenvalue weighted by Gasteiger charge is -2.36. The van der Waals surface area contributed by atoms with Gasteiger partial charge in [0.1, 0.15) is 5.82 Å². The lowest BCUT2D eigenvalue weighted by molar-refractivity contribution is -0.139. The highest BCUT2D eigenvalue weighted by molar-refractivity contribution is 5.85. The summed E-state index contributed by atoms with van der Waals surface area (Å²) in [5.41, 5.74) is 9.14. The molecule has 1 saturated heterocycles. The first-order chi connectivity index (χ1) is 18.0. The van der Waals surface area contributed by atoms with Gasteiger partial charge in [0.2, 0.25) is 11.8 Å². The Morgan fingerprint density at radius 1 is 1.11 bits per heavy atom. The Balaban J connectivity index is 1.44. The van der Waals surface area contributed by atoms with Crippen LogP contribution in [0.25, 0.3) is 16.7 Å². The second-order valence-corrected chi connectivity index (χ2v) is 10.8. The number of fused-ring (bicyclic) bond motifs is 1. The maximum atomic E-state index is 14.2. The molecule has 3 aromatic rings. The van der Waals surface area contributed by atoms with Crippen LogP contribution in [-0.4, -0.2) is 45.9 Å². The molecule has 1 aromatic carbocycles. The number of primary amides is 1. The lowest BCUT2D eigenvalue weighted by atomic mass is 9.76. The summed E-state index contributed by atoms with van der Waals surface area (Å²) in [6.45, 7) is 2.87. The number of para-hydroxylation sites is 1. The molecule has 5 rings (SSSR count). The summed E-state index contributed by atoms with van der Waals surface area (Å²) in [6.07, 6.45) is 12.0. The molecule has 2 aromatic heterocycles. The molecule has 3 unspecified atom stereocenters. The Morgan fingerprint density at radius 2 is 1.89 bits per heavy atom. The zero-order chi connectivity index (χ0) is 25.9. The minimum atomic E-state index is -0.491. The van der Waals surface area contributed by atoms with Crippen molar-refractivity contribution in [3.05, 3.63) is 59.9 Å². The zero-order valence-electron chi connectivity index (χ0n) is 22.0. The molecule has 3 atom stereocenters. The lowest BCUT2D eigenvalue weighted by Crippen LogP contribution is -2.46. The van der Waals surface area contributed by atoms with E-state index in [0.29, 0.717) is 12.3 Å². The van der Waals surface area contributed by atoms with E-state index in [-0.39, 0.29) is 23.8 Å². The summed E-state index contributed by atoms with van der Waals surface area (Å²) in [5, 5.41) is 4.26. The van der Waals surface area contributed by atoms with Crippen LogP contribution < -0.4 is 11.1 Å². The standard InChI is InChI=1S/C30H39N5O2/c1-20-19-35(27-12-7-6-11-23(20)27)28-17-22(14-15-33-28)26-13-8-16-34(26)30(37)24(18-25(32-2)29(31)36)21-9-4-3-5-10-21/h6-7,11-12,14-15,17,19,21,24-26,32H,3-5,8-10,13,16,18H2,1-2H3,(H2,31,36). The monoisotopic (exact) mass is 501 g/mol. The number of rotatable bonds is 8. The van der Waals surface area contributed by atoms with Crippen molar-refractivity contribution in [2.45, 2.75) is 70.4 Å². The molecule has 3 N–H and O–H groups in total. The SMILES string of the molecule is CNC(CC(C(=O)N1CCCC1c1ccnc(-n2cc(C)c3ccccc32)c1)C1CCCCC1)C(N)=O. The van der Waals surface area contributed by atoms with Crippen LogP contribution in [-0.2, 0) is 9.59 Å². The minimum Gasteiger partial charge on any atom is -0.368 e. The van der Waals surface area contributed by atoms with Gasteiger partial charge in [0.05, 0.1) is 17.6 Å². The van der Waals surface area contributed by atoms with Crippen LogP contribution in [0.2, 0.25) is 0 Å². The second-order valence-electron chi connectivity index (χ2n) is 10.8. The molecule has 1 aliphatic heterocycles. The highest BCUT2D eigenvalue weighted by Crippen LogP contribution is 2.39. The molecule has 0 radical (unpaired) electrons. The normalized spacial score (nSPS) is 20.3. The number of likely N-dealkylation sites (N-methyl/N-ethyl adjacent to an activating group) is 1. The number of aromatic nitrogens is 2. The first kappa shape index (κ1) is 25.5. The highest BCUT2D eigenvalue weighted by atomic mass is 16.2. The molecule has 1 aliphatic carbocycles. The number of amides is 2. The molecule has 0 bridgehead atoms. The van der Waals surface area contributed by atoms with E-state index in [1.54, 1.807) is 7.05 Å². The highest BCUT2D eigenvalue weighted by Gasteiger charge is 2.39. The van der Waals surface area contributed by atoms with Crippen LogP contribution in [0.1, 0.15) is 68.5 Å². The number of hydrogen-bond acceptors (Lipinski definition) is 4. The maximum Gasteiger partial charge on any atom is 0.234 e. The molecule has 1 saturated carbocycles. The van der Waals surface area contributed by atoms with Gasteiger partial charge in [-0.25, -0.2) is 4.98 Å². The maximum absolute atomic E-state index is 14.2. The summed E-state index contributed by atoms with van der Waals surface area (Å²) in [4.78, 5) is 33.0. The van der Waals surface area contributed by atoms with Gasteiger partial charge < -0.3 is 20.5 Å². The number of hydrogen-bond donors (Lipinski definition) is 2. The number of likely N-dealkylation sites (tertiary alicyclic amines) is 1. The van der Waals surface area contributed by atoms with Gasteiger partial charge in [-0.15, -0.1) is 0 Å². The van der Waals surface area contributed by atoms with Crippen molar-refractivity contribution in [1.29, 1.82) is 0 Å².